The number of amides is 1. The number of rotatable bonds is 10. The van der Waals surface area contributed by atoms with Crippen LogP contribution >= 0.6 is 0 Å². The predicted molar refractivity (Wildman–Crippen MR) is 132 cm³/mol. The first-order chi connectivity index (χ1) is 19.1. The van der Waals surface area contributed by atoms with Gasteiger partial charge in [-0.05, 0) is 79.3 Å². The van der Waals surface area contributed by atoms with Crippen LogP contribution in [0.2, 0.25) is 0 Å². The molecule has 1 amide bonds. The first-order valence-corrected chi connectivity index (χ1v) is 11.3. The minimum atomic E-state index is -2.66. The summed E-state index contributed by atoms with van der Waals surface area (Å²) in [6.45, 7) is -3.68. The maximum atomic E-state index is 13.1. The summed E-state index contributed by atoms with van der Waals surface area (Å²) < 4.78 is 78.4. The van der Waals surface area contributed by atoms with Crippen LogP contribution in [0.3, 0.4) is 0 Å². The van der Waals surface area contributed by atoms with Gasteiger partial charge < -0.3 is 28.7 Å². The van der Waals surface area contributed by atoms with Crippen molar-refractivity contribution >= 4 is 5.91 Å². The number of benzene rings is 2. The topological polar surface area (TPSA) is 60.5 Å². The SMILES string of the molecule is [2H]C([2H])([2H])Oc1cc2c(cc1OC)CC(=O)N(CCC([2H])([2H])N(C)C([2H])([2H])C1Cc3cc(OC)c(OC)cc31)CC2. The van der Waals surface area contributed by atoms with Crippen LogP contribution in [0.1, 0.15) is 44.2 Å². The lowest BCUT2D eigenvalue weighted by molar-refractivity contribution is -0.130. The third-order valence-corrected chi connectivity index (χ3v) is 6.47. The van der Waals surface area contributed by atoms with Crippen LogP contribution in [-0.4, -0.2) is 77.2 Å². The lowest BCUT2D eigenvalue weighted by atomic mass is 9.77. The monoisotopic (exact) mass is 475 g/mol. The highest BCUT2D eigenvalue weighted by molar-refractivity contribution is 5.80. The molecule has 0 bridgehead atoms. The Hall–Kier alpha value is -2.93. The average Bonchev–Trinajstić information content (AvgIpc) is 3.03. The Morgan fingerprint density at radius 2 is 1.65 bits per heavy atom. The number of methoxy groups -OCH3 is 4. The van der Waals surface area contributed by atoms with Gasteiger partial charge in [0.25, 0.3) is 0 Å². The Morgan fingerprint density at radius 3 is 2.35 bits per heavy atom. The summed E-state index contributed by atoms with van der Waals surface area (Å²) in [5, 5.41) is 0. The van der Waals surface area contributed by atoms with E-state index in [0.29, 0.717) is 36.4 Å². The highest BCUT2D eigenvalue weighted by Crippen LogP contribution is 2.42. The van der Waals surface area contributed by atoms with Crippen LogP contribution in [0.15, 0.2) is 24.3 Å². The smallest absolute Gasteiger partial charge is 0.227 e. The zero-order valence-electron chi connectivity index (χ0n) is 27.1. The van der Waals surface area contributed by atoms with Gasteiger partial charge in [-0.2, -0.15) is 0 Å². The highest BCUT2D eigenvalue weighted by Gasteiger charge is 2.29. The Kier molecular flexibility index (Phi) is 5.17. The van der Waals surface area contributed by atoms with E-state index in [9.17, 15) is 4.79 Å². The van der Waals surface area contributed by atoms with Gasteiger partial charge in [0.2, 0.25) is 5.91 Å². The Bertz CT molecular complexity index is 1300. The molecule has 184 valence electrons. The van der Waals surface area contributed by atoms with E-state index in [1.807, 2.05) is 6.07 Å². The molecule has 7 nitrogen and oxygen atoms in total. The fourth-order valence-electron chi connectivity index (χ4n) is 4.56. The summed E-state index contributed by atoms with van der Waals surface area (Å²) in [7, 11) is 3.22. The molecule has 7 heteroatoms. The molecule has 1 aliphatic heterocycles. The molecule has 34 heavy (non-hydrogen) atoms. The van der Waals surface area contributed by atoms with E-state index in [2.05, 4.69) is 0 Å². The molecule has 4 rings (SSSR count). The van der Waals surface area contributed by atoms with Gasteiger partial charge in [0.05, 0.1) is 38.9 Å². The van der Waals surface area contributed by atoms with E-state index < -0.39 is 25.9 Å². The van der Waals surface area contributed by atoms with E-state index in [1.54, 1.807) is 30.2 Å². The van der Waals surface area contributed by atoms with Crippen molar-refractivity contribution < 1.29 is 33.3 Å². The maximum absolute atomic E-state index is 13.1. The number of nitrogens with zero attached hydrogens (tertiary/aromatic N) is 2. The Labute approximate surface area is 212 Å². The number of ether oxygens (including phenoxy) is 4. The number of likely N-dealkylation sites (N-methyl/N-ethyl adjacent to an activating group) is 1. The lowest BCUT2D eigenvalue weighted by Crippen LogP contribution is -2.36. The molecule has 1 heterocycles. The van der Waals surface area contributed by atoms with Crippen LogP contribution in [0.25, 0.3) is 0 Å². The molecule has 2 aliphatic rings. The third kappa shape index (κ3) is 4.94. The summed E-state index contributed by atoms with van der Waals surface area (Å²) in [6.07, 6.45) is 0.798. The number of carbonyl (C=O) groups is 1. The van der Waals surface area contributed by atoms with E-state index in [0.717, 1.165) is 21.6 Å². The normalized spacial score (nSPS) is 21.2. The summed E-state index contributed by atoms with van der Waals surface area (Å²) in [5.41, 5.74) is 3.14. The predicted octanol–water partition coefficient (Wildman–Crippen LogP) is 3.31. The molecule has 0 saturated carbocycles. The van der Waals surface area contributed by atoms with Gasteiger partial charge in [-0.25, -0.2) is 0 Å². The van der Waals surface area contributed by atoms with E-state index >= 15 is 0 Å². The minimum Gasteiger partial charge on any atom is -0.493 e. The maximum Gasteiger partial charge on any atom is 0.227 e. The van der Waals surface area contributed by atoms with Crippen molar-refractivity contribution in [2.45, 2.75) is 31.6 Å². The van der Waals surface area contributed by atoms with Crippen molar-refractivity contribution in [2.24, 2.45) is 0 Å². The number of hydrogen-bond acceptors (Lipinski definition) is 6. The molecule has 2 aromatic carbocycles. The second-order valence-corrected chi connectivity index (χ2v) is 8.44. The second-order valence-electron chi connectivity index (χ2n) is 8.44. The number of hydrogen-bond donors (Lipinski definition) is 0. The van der Waals surface area contributed by atoms with Gasteiger partial charge in [-0.3, -0.25) is 4.79 Å². The fourth-order valence-corrected chi connectivity index (χ4v) is 4.56. The standard InChI is InChI=1S/C27H36N2O5/c1-28(17-21-11-20-14-25(33-4)26(34-5)16-22(20)21)8-6-9-29-10-7-18-12-23(31-2)24(32-3)13-19(18)15-27(29)30/h12-14,16,21H,6-11,15,17H2,1-5H3/i2D3,8D2,17D2. The molecule has 0 saturated heterocycles. The van der Waals surface area contributed by atoms with Crippen LogP contribution in [0, 0.1) is 0 Å². The van der Waals surface area contributed by atoms with Gasteiger partial charge in [0, 0.05) is 31.0 Å². The Balaban J connectivity index is 1.44. The molecule has 0 spiro atoms. The molecule has 1 atom stereocenters. The molecular formula is C27H36N2O5. The molecule has 0 aromatic heterocycles. The molecule has 0 radical (unpaired) electrons. The zero-order chi connectivity index (χ0) is 30.3. The van der Waals surface area contributed by atoms with Gasteiger partial charge in [-0.1, -0.05) is 0 Å². The molecule has 1 aliphatic carbocycles. The van der Waals surface area contributed by atoms with Crippen molar-refractivity contribution in [3.05, 3.63) is 46.5 Å². The van der Waals surface area contributed by atoms with Gasteiger partial charge in [0.15, 0.2) is 23.0 Å². The van der Waals surface area contributed by atoms with Gasteiger partial charge in [-0.15, -0.1) is 0 Å². The molecule has 0 N–H and O–H groups in total. The minimum absolute atomic E-state index is 0.0452. The van der Waals surface area contributed by atoms with Crippen molar-refractivity contribution in [1.29, 1.82) is 0 Å². The average molecular weight is 476 g/mol. The van der Waals surface area contributed by atoms with Crippen molar-refractivity contribution in [3.8, 4) is 23.0 Å². The molecular weight excluding hydrogens is 432 g/mol. The van der Waals surface area contributed by atoms with Crippen molar-refractivity contribution in [3.63, 3.8) is 0 Å². The number of fused-ring (bicyclic) bond motifs is 2. The largest absolute Gasteiger partial charge is 0.493 e. The van der Waals surface area contributed by atoms with Crippen LogP contribution in [0.5, 0.6) is 23.0 Å². The second kappa shape index (κ2) is 10.6. The van der Waals surface area contributed by atoms with Gasteiger partial charge >= 0.3 is 0 Å². The quantitative estimate of drug-likeness (QED) is 0.526. The van der Waals surface area contributed by atoms with E-state index in [1.165, 1.54) is 21.3 Å². The molecule has 2 aromatic rings. The summed E-state index contributed by atoms with van der Waals surface area (Å²) in [4.78, 5) is 15.8. The first kappa shape index (κ1) is 16.7. The zero-order valence-corrected chi connectivity index (χ0v) is 20.1. The van der Waals surface area contributed by atoms with E-state index in [4.69, 9.17) is 28.5 Å². The lowest BCUT2D eigenvalue weighted by Gasteiger charge is -2.34. The summed E-state index contributed by atoms with van der Waals surface area (Å²) >= 11 is 0. The van der Waals surface area contributed by atoms with Crippen molar-refractivity contribution in [2.75, 3.05) is 61.5 Å². The van der Waals surface area contributed by atoms with Crippen molar-refractivity contribution in [1.82, 2.24) is 9.80 Å². The summed E-state index contributed by atoms with van der Waals surface area (Å²) in [5.74, 6) is 0.583. The third-order valence-electron chi connectivity index (χ3n) is 6.47. The molecule has 1 unspecified atom stereocenters. The number of carbonyl (C=O) groups excluding carboxylic acids is 1. The van der Waals surface area contributed by atoms with Crippen LogP contribution in [0.4, 0.5) is 0 Å². The Morgan fingerprint density at radius 1 is 1.00 bits per heavy atom. The summed E-state index contributed by atoms with van der Waals surface area (Å²) in [6, 6.07) is 6.77. The van der Waals surface area contributed by atoms with Crippen LogP contribution < -0.4 is 18.9 Å². The first-order valence-electron chi connectivity index (χ1n) is 14.8. The molecule has 0 fully saturated rings. The van der Waals surface area contributed by atoms with E-state index in [-0.39, 0.29) is 36.8 Å². The highest BCUT2D eigenvalue weighted by atomic mass is 16.5. The van der Waals surface area contributed by atoms with Gasteiger partial charge in [0.1, 0.15) is 0 Å². The fraction of sp³-hybridized carbons (Fsp3) is 0.519. The van der Waals surface area contributed by atoms with Crippen LogP contribution in [-0.2, 0) is 24.1 Å².